The van der Waals surface area contributed by atoms with Crippen LogP contribution in [0.1, 0.15) is 35.5 Å². The summed E-state index contributed by atoms with van der Waals surface area (Å²) in [7, 11) is 1.70. The smallest absolute Gasteiger partial charge is 0.284 e. The summed E-state index contributed by atoms with van der Waals surface area (Å²) in [4.78, 5) is 30.7. The van der Waals surface area contributed by atoms with Crippen molar-refractivity contribution in [3.05, 3.63) is 106 Å². The highest BCUT2D eigenvalue weighted by atomic mass is 19.1. The van der Waals surface area contributed by atoms with E-state index in [1.54, 1.807) is 56.8 Å². The Morgan fingerprint density at radius 1 is 1.02 bits per heavy atom. The standard InChI is InChI=1S/C32H31FN4O5/c1-19-6-9-22(10-7-19)37-31(39)29(20(2)36(37)5)30(38)35-21-8-13-28(25(33)16-21)42-27-14-15-34-26-17-23(11-12-24(26)27)41-18-32(3,4)40/h6-17,40H,18H2,1-5H3,(H,35,38). The minimum atomic E-state index is -0.989. The van der Waals surface area contributed by atoms with Crippen LogP contribution in [0.15, 0.2) is 77.7 Å². The molecule has 0 saturated carbocycles. The molecule has 10 heteroatoms. The van der Waals surface area contributed by atoms with Gasteiger partial charge in [0.15, 0.2) is 11.6 Å². The zero-order valence-corrected chi connectivity index (χ0v) is 23.9. The zero-order chi connectivity index (χ0) is 30.2. The van der Waals surface area contributed by atoms with E-state index < -0.39 is 22.9 Å². The van der Waals surface area contributed by atoms with Crippen LogP contribution >= 0.6 is 0 Å². The third kappa shape index (κ3) is 5.89. The number of benzene rings is 3. The van der Waals surface area contributed by atoms with Gasteiger partial charge in [-0.15, -0.1) is 0 Å². The van der Waals surface area contributed by atoms with Crippen LogP contribution in [-0.2, 0) is 7.05 Å². The molecule has 0 aliphatic rings. The Morgan fingerprint density at radius 3 is 2.45 bits per heavy atom. The normalized spacial score (nSPS) is 11.5. The maximum absolute atomic E-state index is 15.1. The van der Waals surface area contributed by atoms with Crippen LogP contribution in [0.4, 0.5) is 10.1 Å². The average molecular weight is 571 g/mol. The maximum Gasteiger partial charge on any atom is 0.284 e. The van der Waals surface area contributed by atoms with Gasteiger partial charge < -0.3 is 19.9 Å². The van der Waals surface area contributed by atoms with Gasteiger partial charge in [-0.05, 0) is 70.2 Å². The Labute approximate surface area is 241 Å². The molecule has 0 unspecified atom stereocenters. The van der Waals surface area contributed by atoms with E-state index >= 15 is 4.39 Å². The second-order valence-electron chi connectivity index (χ2n) is 10.7. The number of fused-ring (bicyclic) bond motifs is 1. The van der Waals surface area contributed by atoms with E-state index in [0.717, 1.165) is 11.6 Å². The number of anilines is 1. The monoisotopic (exact) mass is 570 g/mol. The quantitative estimate of drug-likeness (QED) is 0.249. The van der Waals surface area contributed by atoms with Crippen molar-refractivity contribution in [2.24, 2.45) is 7.05 Å². The predicted octanol–water partition coefficient (Wildman–Crippen LogP) is 5.67. The molecule has 0 spiro atoms. The summed E-state index contributed by atoms with van der Waals surface area (Å²) >= 11 is 0. The SMILES string of the molecule is Cc1ccc(-n2c(=O)c(C(=O)Nc3ccc(Oc4ccnc5cc(OCC(C)(C)O)ccc45)c(F)c3)c(C)n2C)cc1. The van der Waals surface area contributed by atoms with Crippen molar-refractivity contribution in [1.82, 2.24) is 14.3 Å². The minimum absolute atomic E-state index is 0.0343. The van der Waals surface area contributed by atoms with Crippen molar-refractivity contribution >= 4 is 22.5 Å². The fourth-order valence-corrected chi connectivity index (χ4v) is 4.46. The lowest BCUT2D eigenvalue weighted by molar-refractivity contribution is 0.0285. The number of carbonyl (C=O) groups is 1. The van der Waals surface area contributed by atoms with Gasteiger partial charge >= 0.3 is 0 Å². The number of ether oxygens (including phenoxy) is 2. The molecule has 0 aliphatic heterocycles. The van der Waals surface area contributed by atoms with Crippen LogP contribution in [0.2, 0.25) is 0 Å². The van der Waals surface area contributed by atoms with Crippen molar-refractivity contribution in [2.75, 3.05) is 11.9 Å². The number of hydrogen-bond donors (Lipinski definition) is 2. The second kappa shape index (κ2) is 11.1. The van der Waals surface area contributed by atoms with E-state index in [-0.39, 0.29) is 23.6 Å². The van der Waals surface area contributed by atoms with Gasteiger partial charge in [-0.25, -0.2) is 9.07 Å². The third-order valence-electron chi connectivity index (χ3n) is 6.73. The van der Waals surface area contributed by atoms with Crippen LogP contribution in [0.25, 0.3) is 16.6 Å². The molecular weight excluding hydrogens is 539 g/mol. The summed E-state index contributed by atoms with van der Waals surface area (Å²) < 4.78 is 29.7. The van der Waals surface area contributed by atoms with Crippen molar-refractivity contribution in [1.29, 1.82) is 0 Å². The summed E-state index contributed by atoms with van der Waals surface area (Å²) in [5.41, 5.74) is 1.38. The molecule has 42 heavy (non-hydrogen) atoms. The maximum atomic E-state index is 15.1. The summed E-state index contributed by atoms with van der Waals surface area (Å²) in [6, 6.07) is 18.2. The number of amides is 1. The molecule has 2 aromatic heterocycles. The summed E-state index contributed by atoms with van der Waals surface area (Å²) in [5.74, 6) is -0.499. The molecule has 0 saturated heterocycles. The lowest BCUT2D eigenvalue weighted by Gasteiger charge is -2.18. The molecule has 2 N–H and O–H groups in total. The van der Waals surface area contributed by atoms with Gasteiger partial charge in [0, 0.05) is 36.5 Å². The Hall–Kier alpha value is -4.96. The van der Waals surface area contributed by atoms with E-state index in [9.17, 15) is 14.7 Å². The fourth-order valence-electron chi connectivity index (χ4n) is 4.46. The topological polar surface area (TPSA) is 108 Å². The molecular formula is C32H31FN4O5. The van der Waals surface area contributed by atoms with Crippen molar-refractivity contribution in [3.63, 3.8) is 0 Å². The molecule has 0 radical (unpaired) electrons. The number of nitrogens with zero attached hydrogens (tertiary/aromatic N) is 3. The Balaban J connectivity index is 1.35. The molecule has 0 atom stereocenters. The molecule has 9 nitrogen and oxygen atoms in total. The van der Waals surface area contributed by atoms with Gasteiger partial charge in [0.05, 0.1) is 22.5 Å². The van der Waals surface area contributed by atoms with Gasteiger partial charge in [-0.3, -0.25) is 19.3 Å². The van der Waals surface area contributed by atoms with Crippen LogP contribution in [0.3, 0.4) is 0 Å². The van der Waals surface area contributed by atoms with E-state index in [1.807, 2.05) is 31.2 Å². The molecule has 0 bridgehead atoms. The number of pyridine rings is 1. The molecule has 2 heterocycles. The number of hydrogen-bond acceptors (Lipinski definition) is 6. The van der Waals surface area contributed by atoms with Gasteiger partial charge in [-0.2, -0.15) is 0 Å². The van der Waals surface area contributed by atoms with Crippen molar-refractivity contribution < 1.29 is 23.8 Å². The first-order chi connectivity index (χ1) is 19.9. The summed E-state index contributed by atoms with van der Waals surface area (Å²) in [6.45, 7) is 7.03. The Bertz CT molecular complexity index is 1850. The van der Waals surface area contributed by atoms with E-state index in [0.29, 0.717) is 33.8 Å². The summed E-state index contributed by atoms with van der Waals surface area (Å²) in [5, 5.41) is 13.2. The number of nitrogens with one attached hydrogen (secondary N) is 1. The van der Waals surface area contributed by atoms with E-state index in [1.165, 1.54) is 23.0 Å². The molecule has 5 aromatic rings. The van der Waals surface area contributed by atoms with Crippen LogP contribution < -0.4 is 20.3 Å². The number of halogens is 1. The average Bonchev–Trinajstić information content (AvgIpc) is 3.16. The fraction of sp³-hybridized carbons (Fsp3) is 0.219. The van der Waals surface area contributed by atoms with E-state index in [4.69, 9.17) is 9.47 Å². The van der Waals surface area contributed by atoms with Crippen molar-refractivity contribution in [3.8, 4) is 22.9 Å². The van der Waals surface area contributed by atoms with E-state index in [2.05, 4.69) is 10.3 Å². The highest BCUT2D eigenvalue weighted by Crippen LogP contribution is 2.33. The lowest BCUT2D eigenvalue weighted by Crippen LogP contribution is -2.27. The van der Waals surface area contributed by atoms with Gasteiger partial charge in [-0.1, -0.05) is 17.7 Å². The van der Waals surface area contributed by atoms with Gasteiger partial charge in [0.25, 0.3) is 11.5 Å². The molecule has 1 amide bonds. The molecule has 3 aromatic carbocycles. The zero-order valence-electron chi connectivity index (χ0n) is 23.9. The van der Waals surface area contributed by atoms with Gasteiger partial charge in [0.2, 0.25) is 0 Å². The first-order valence-corrected chi connectivity index (χ1v) is 13.3. The number of carbonyl (C=O) groups excluding carboxylic acids is 1. The first kappa shape index (κ1) is 28.6. The number of aromatic nitrogens is 3. The highest BCUT2D eigenvalue weighted by molar-refractivity contribution is 6.05. The molecule has 5 rings (SSSR count). The Kier molecular flexibility index (Phi) is 7.57. The lowest BCUT2D eigenvalue weighted by atomic mass is 10.1. The van der Waals surface area contributed by atoms with Crippen LogP contribution in [0.5, 0.6) is 17.2 Å². The highest BCUT2D eigenvalue weighted by Gasteiger charge is 2.23. The molecule has 0 aliphatic carbocycles. The van der Waals surface area contributed by atoms with Gasteiger partial charge in [0.1, 0.15) is 23.7 Å². The van der Waals surface area contributed by atoms with Crippen molar-refractivity contribution in [2.45, 2.75) is 33.3 Å². The molecule has 0 fully saturated rings. The minimum Gasteiger partial charge on any atom is -0.491 e. The third-order valence-corrected chi connectivity index (χ3v) is 6.73. The van der Waals surface area contributed by atoms with Crippen LogP contribution in [-0.4, -0.2) is 37.6 Å². The predicted molar refractivity (Wildman–Crippen MR) is 158 cm³/mol. The van der Waals surface area contributed by atoms with Crippen LogP contribution in [0, 0.1) is 19.7 Å². The second-order valence-corrected chi connectivity index (χ2v) is 10.7. The summed E-state index contributed by atoms with van der Waals surface area (Å²) in [6.07, 6.45) is 1.54. The largest absolute Gasteiger partial charge is 0.491 e. The molecule has 216 valence electrons. The number of aliphatic hydroxyl groups is 1. The number of rotatable bonds is 8. The first-order valence-electron chi connectivity index (χ1n) is 13.3. The number of aryl methyl sites for hydroxylation is 1. The Morgan fingerprint density at radius 2 is 1.76 bits per heavy atom.